The zero-order valence-electron chi connectivity index (χ0n) is 13.2. The van der Waals surface area contributed by atoms with Crippen LogP contribution in [-0.4, -0.2) is 28.4 Å². The fraction of sp³-hybridized carbons (Fsp3) is 0.429. The maximum atomic E-state index is 12.9. The molecule has 0 radical (unpaired) electrons. The zero-order valence-corrected chi connectivity index (χ0v) is 14.8. The van der Waals surface area contributed by atoms with Crippen molar-refractivity contribution in [3.05, 3.63) is 35.9 Å². The molecule has 1 aromatic carbocycles. The Morgan fingerprint density at radius 3 is 2.57 bits per heavy atom. The highest BCUT2D eigenvalue weighted by Gasteiger charge is 2.17. The van der Waals surface area contributed by atoms with Gasteiger partial charge in [-0.15, -0.1) is 10.2 Å². The first-order valence-electron chi connectivity index (χ1n) is 7.13. The van der Waals surface area contributed by atoms with Crippen molar-refractivity contribution in [3.63, 3.8) is 0 Å². The minimum atomic E-state index is -3.72. The van der Waals surface area contributed by atoms with Crippen LogP contribution in [0.1, 0.15) is 26.1 Å². The van der Waals surface area contributed by atoms with E-state index >= 15 is 0 Å². The molecule has 0 fully saturated rings. The van der Waals surface area contributed by atoms with Gasteiger partial charge in [0.2, 0.25) is 10.0 Å². The van der Waals surface area contributed by atoms with Crippen LogP contribution in [0, 0.1) is 5.82 Å². The number of rotatable bonds is 7. The summed E-state index contributed by atoms with van der Waals surface area (Å²) in [6, 6.07) is 4.66. The van der Waals surface area contributed by atoms with Crippen LogP contribution in [0.25, 0.3) is 0 Å². The quantitative estimate of drug-likeness (QED) is 0.769. The fourth-order valence-electron chi connectivity index (χ4n) is 1.72. The van der Waals surface area contributed by atoms with Crippen molar-refractivity contribution in [2.45, 2.75) is 42.1 Å². The van der Waals surface area contributed by atoms with E-state index in [0.29, 0.717) is 11.1 Å². The highest BCUT2D eigenvalue weighted by molar-refractivity contribution is 7.99. The summed E-state index contributed by atoms with van der Waals surface area (Å²) in [4.78, 5) is 0.00951. The van der Waals surface area contributed by atoms with Crippen LogP contribution >= 0.6 is 11.8 Å². The number of sulfonamides is 1. The Balaban J connectivity index is 2.07. The second kappa shape index (κ2) is 7.41. The van der Waals surface area contributed by atoms with Crippen LogP contribution in [0.3, 0.4) is 0 Å². The first-order chi connectivity index (χ1) is 10.8. The van der Waals surface area contributed by atoms with Gasteiger partial charge in [0, 0.05) is 12.3 Å². The molecule has 0 bridgehead atoms. The van der Waals surface area contributed by atoms with Crippen molar-refractivity contribution in [1.82, 2.24) is 19.5 Å². The molecule has 6 nitrogen and oxygen atoms in total. The van der Waals surface area contributed by atoms with Crippen molar-refractivity contribution < 1.29 is 12.8 Å². The SMILES string of the molecule is CC[C@@H](C)Sc1nnc(CNS(=O)(=O)c2ccc(F)cc2)n1C. The van der Waals surface area contributed by atoms with Gasteiger partial charge in [-0.25, -0.2) is 17.5 Å². The van der Waals surface area contributed by atoms with Crippen molar-refractivity contribution in [1.29, 1.82) is 0 Å². The first-order valence-corrected chi connectivity index (χ1v) is 9.50. The molecule has 9 heteroatoms. The number of aromatic nitrogens is 3. The second-order valence-corrected chi connectivity index (χ2v) is 8.25. The summed E-state index contributed by atoms with van der Waals surface area (Å²) in [7, 11) is -1.92. The van der Waals surface area contributed by atoms with E-state index in [2.05, 4.69) is 28.8 Å². The number of benzene rings is 1. The van der Waals surface area contributed by atoms with E-state index < -0.39 is 15.8 Å². The molecule has 2 aromatic rings. The van der Waals surface area contributed by atoms with Crippen LogP contribution in [0.15, 0.2) is 34.3 Å². The van der Waals surface area contributed by atoms with Crippen LogP contribution < -0.4 is 4.72 Å². The number of thioether (sulfide) groups is 1. The maximum absolute atomic E-state index is 12.9. The maximum Gasteiger partial charge on any atom is 0.240 e. The molecule has 0 amide bonds. The summed E-state index contributed by atoms with van der Waals surface area (Å²) < 4.78 is 41.4. The second-order valence-electron chi connectivity index (χ2n) is 5.07. The lowest BCUT2D eigenvalue weighted by atomic mass is 10.4. The number of halogens is 1. The summed E-state index contributed by atoms with van der Waals surface area (Å²) in [5.41, 5.74) is 0. The first kappa shape index (κ1) is 17.9. The van der Waals surface area contributed by atoms with Gasteiger partial charge < -0.3 is 4.57 Å². The molecule has 1 N–H and O–H groups in total. The van der Waals surface area contributed by atoms with E-state index in [1.807, 2.05) is 0 Å². The lowest BCUT2D eigenvalue weighted by molar-refractivity contribution is 0.575. The van der Waals surface area contributed by atoms with E-state index in [-0.39, 0.29) is 11.4 Å². The van der Waals surface area contributed by atoms with Crippen molar-refractivity contribution in [3.8, 4) is 0 Å². The van der Waals surface area contributed by atoms with E-state index in [4.69, 9.17) is 0 Å². The molecule has 1 atom stereocenters. The average molecular weight is 358 g/mol. The van der Waals surface area contributed by atoms with Gasteiger partial charge in [0.1, 0.15) is 11.6 Å². The van der Waals surface area contributed by atoms with Crippen LogP contribution in [0.5, 0.6) is 0 Å². The van der Waals surface area contributed by atoms with Crippen molar-refractivity contribution in [2.24, 2.45) is 7.05 Å². The molecule has 1 aromatic heterocycles. The van der Waals surface area contributed by atoms with Gasteiger partial charge >= 0.3 is 0 Å². The Morgan fingerprint density at radius 2 is 1.96 bits per heavy atom. The summed E-state index contributed by atoms with van der Waals surface area (Å²) in [6.07, 6.45) is 1.00. The van der Waals surface area contributed by atoms with Crippen LogP contribution in [-0.2, 0) is 23.6 Å². The summed E-state index contributed by atoms with van der Waals surface area (Å²) >= 11 is 1.59. The van der Waals surface area contributed by atoms with Gasteiger partial charge in [-0.05, 0) is 30.7 Å². The normalized spacial score (nSPS) is 13.2. The molecule has 126 valence electrons. The van der Waals surface area contributed by atoms with Gasteiger partial charge in [0.25, 0.3) is 0 Å². The molecular formula is C14H19FN4O2S2. The van der Waals surface area contributed by atoms with Crippen molar-refractivity contribution >= 4 is 21.8 Å². The molecule has 0 aliphatic rings. The fourth-order valence-corrected chi connectivity index (χ4v) is 3.58. The third-order valence-corrected chi connectivity index (χ3v) is 6.07. The molecule has 23 heavy (non-hydrogen) atoms. The molecule has 0 aliphatic carbocycles. The van der Waals surface area contributed by atoms with E-state index in [1.54, 1.807) is 23.4 Å². The lowest BCUT2D eigenvalue weighted by Crippen LogP contribution is -2.24. The van der Waals surface area contributed by atoms with Crippen molar-refractivity contribution in [2.75, 3.05) is 0 Å². The van der Waals surface area contributed by atoms with Gasteiger partial charge in [-0.1, -0.05) is 25.6 Å². The Labute approximate surface area is 139 Å². The number of hydrogen-bond acceptors (Lipinski definition) is 5. The Morgan fingerprint density at radius 1 is 1.30 bits per heavy atom. The molecule has 1 heterocycles. The van der Waals surface area contributed by atoms with Gasteiger partial charge in [0.05, 0.1) is 11.4 Å². The standard InChI is InChI=1S/C14H19FN4O2S2/c1-4-10(2)22-14-18-17-13(19(14)3)9-16-23(20,21)12-7-5-11(15)6-8-12/h5-8,10,16H,4,9H2,1-3H3/t10-/m1/s1. The van der Waals surface area contributed by atoms with E-state index in [1.165, 1.54) is 12.1 Å². The topological polar surface area (TPSA) is 76.9 Å². The molecule has 0 saturated heterocycles. The van der Waals surface area contributed by atoms with Crippen LogP contribution in [0.2, 0.25) is 0 Å². The Bertz CT molecular complexity index is 760. The summed E-state index contributed by atoms with van der Waals surface area (Å²) in [5.74, 6) is 0.0328. The monoisotopic (exact) mass is 358 g/mol. The summed E-state index contributed by atoms with van der Waals surface area (Å²) in [5, 5.41) is 9.25. The third kappa shape index (κ3) is 4.52. The number of nitrogens with one attached hydrogen (secondary N) is 1. The largest absolute Gasteiger partial charge is 0.308 e. The highest BCUT2D eigenvalue weighted by atomic mass is 32.2. The number of hydrogen-bond donors (Lipinski definition) is 1. The van der Waals surface area contributed by atoms with E-state index in [9.17, 15) is 12.8 Å². The van der Waals surface area contributed by atoms with Gasteiger partial charge in [-0.3, -0.25) is 0 Å². The molecule has 0 unspecified atom stereocenters. The lowest BCUT2D eigenvalue weighted by Gasteiger charge is -2.09. The Kier molecular flexibility index (Phi) is 5.77. The molecule has 0 saturated carbocycles. The van der Waals surface area contributed by atoms with Gasteiger partial charge in [0.15, 0.2) is 5.16 Å². The minimum absolute atomic E-state index is 0.00951. The van der Waals surface area contributed by atoms with E-state index in [0.717, 1.165) is 23.7 Å². The smallest absolute Gasteiger partial charge is 0.240 e. The van der Waals surface area contributed by atoms with Crippen LogP contribution in [0.4, 0.5) is 4.39 Å². The molecule has 0 aliphatic heterocycles. The predicted molar refractivity (Wildman–Crippen MR) is 87.0 cm³/mol. The average Bonchev–Trinajstić information content (AvgIpc) is 2.86. The molecular weight excluding hydrogens is 339 g/mol. The highest BCUT2D eigenvalue weighted by Crippen LogP contribution is 2.23. The molecule has 2 rings (SSSR count). The third-order valence-electron chi connectivity index (χ3n) is 3.35. The van der Waals surface area contributed by atoms with Gasteiger partial charge in [-0.2, -0.15) is 0 Å². The predicted octanol–water partition coefficient (Wildman–Crippen LogP) is 2.32. The number of nitrogens with zero attached hydrogens (tertiary/aromatic N) is 3. The minimum Gasteiger partial charge on any atom is -0.308 e. The zero-order chi connectivity index (χ0) is 17.0. The Hall–Kier alpha value is -1.45. The molecule has 0 spiro atoms. The summed E-state index contributed by atoms with van der Waals surface area (Å²) in [6.45, 7) is 4.20.